The van der Waals surface area contributed by atoms with Gasteiger partial charge in [-0.15, -0.1) is 0 Å². The van der Waals surface area contributed by atoms with Gasteiger partial charge in [-0.25, -0.2) is 0 Å². The van der Waals surface area contributed by atoms with Crippen molar-refractivity contribution in [2.24, 2.45) is 5.41 Å². The Morgan fingerprint density at radius 2 is 2.10 bits per heavy atom. The normalized spacial score (nSPS) is 35.0. The second-order valence-corrected chi connectivity index (χ2v) is 6.92. The van der Waals surface area contributed by atoms with E-state index in [0.717, 1.165) is 32.7 Å². The number of piperazine rings is 2. The van der Waals surface area contributed by atoms with Crippen LogP contribution in [0.15, 0.2) is 0 Å². The molecule has 7 heteroatoms. The zero-order valence-electron chi connectivity index (χ0n) is 12.8. The number of hydrogen-bond donors (Lipinski definition) is 3. The first-order valence-corrected chi connectivity index (χ1v) is 7.77. The van der Waals surface area contributed by atoms with Crippen LogP contribution in [0, 0.1) is 5.41 Å². The molecular formula is C14H26N4O3. The Morgan fingerprint density at radius 3 is 2.86 bits per heavy atom. The van der Waals surface area contributed by atoms with Crippen molar-refractivity contribution in [1.82, 2.24) is 20.4 Å². The van der Waals surface area contributed by atoms with E-state index in [9.17, 15) is 9.90 Å². The average molecular weight is 298 g/mol. The Bertz CT molecular complexity index is 404. The van der Waals surface area contributed by atoms with E-state index >= 15 is 0 Å². The van der Waals surface area contributed by atoms with Crippen LogP contribution in [-0.4, -0.2) is 85.2 Å². The summed E-state index contributed by atoms with van der Waals surface area (Å²) in [6, 6.07) is 0.344. The van der Waals surface area contributed by atoms with E-state index in [1.807, 2.05) is 0 Å². The number of morpholine rings is 1. The molecule has 0 aromatic carbocycles. The number of carbonyl (C=O) groups is 1. The van der Waals surface area contributed by atoms with Crippen LogP contribution in [0.3, 0.4) is 0 Å². The molecule has 0 amide bonds. The minimum Gasteiger partial charge on any atom is -0.481 e. The molecule has 120 valence electrons. The van der Waals surface area contributed by atoms with Crippen molar-refractivity contribution < 1.29 is 14.6 Å². The van der Waals surface area contributed by atoms with E-state index in [4.69, 9.17) is 4.74 Å². The molecule has 0 saturated carbocycles. The molecule has 3 heterocycles. The highest BCUT2D eigenvalue weighted by atomic mass is 16.5. The van der Waals surface area contributed by atoms with Crippen LogP contribution in [0.5, 0.6) is 0 Å². The maximum atomic E-state index is 11.3. The summed E-state index contributed by atoms with van der Waals surface area (Å²) in [5.41, 5.74) is -0.703. The summed E-state index contributed by atoms with van der Waals surface area (Å²) in [6.45, 7) is 9.54. The summed E-state index contributed by atoms with van der Waals surface area (Å²) in [5.74, 6) is -0.733. The molecule has 0 aromatic heterocycles. The van der Waals surface area contributed by atoms with Crippen LogP contribution in [0.25, 0.3) is 0 Å². The van der Waals surface area contributed by atoms with Gasteiger partial charge in [0.05, 0.1) is 12.0 Å². The lowest BCUT2D eigenvalue weighted by Crippen LogP contribution is -2.73. The van der Waals surface area contributed by atoms with Gasteiger partial charge in [-0.05, 0) is 13.8 Å². The molecule has 7 nitrogen and oxygen atoms in total. The average Bonchev–Trinajstić information content (AvgIpc) is 2.46. The number of aliphatic carboxylic acids is 1. The molecule has 3 atom stereocenters. The largest absolute Gasteiger partial charge is 0.481 e. The molecule has 3 rings (SSSR count). The number of carboxylic acid groups (broad SMARTS) is 1. The SMILES string of the molecule is CC(C)(CN1CCN2C(COC3NCCNC32)C1)C(=O)O. The monoisotopic (exact) mass is 298 g/mol. The van der Waals surface area contributed by atoms with Crippen LogP contribution in [0.2, 0.25) is 0 Å². The Hall–Kier alpha value is -0.730. The first kappa shape index (κ1) is 15.2. The molecule has 3 aliphatic rings. The fourth-order valence-electron chi connectivity index (χ4n) is 3.53. The van der Waals surface area contributed by atoms with Crippen LogP contribution >= 0.6 is 0 Å². The van der Waals surface area contributed by atoms with Gasteiger partial charge < -0.3 is 9.84 Å². The maximum Gasteiger partial charge on any atom is 0.310 e. The molecule has 0 aromatic rings. The van der Waals surface area contributed by atoms with Crippen molar-refractivity contribution in [2.45, 2.75) is 32.3 Å². The van der Waals surface area contributed by atoms with Gasteiger partial charge in [-0.2, -0.15) is 0 Å². The summed E-state index contributed by atoms with van der Waals surface area (Å²) in [7, 11) is 0. The minimum absolute atomic E-state index is 0.0806. The predicted molar refractivity (Wildman–Crippen MR) is 77.9 cm³/mol. The summed E-state index contributed by atoms with van der Waals surface area (Å²) in [4.78, 5) is 16.0. The van der Waals surface area contributed by atoms with E-state index in [1.165, 1.54) is 0 Å². The van der Waals surface area contributed by atoms with Gasteiger partial charge in [0, 0.05) is 45.3 Å². The third-order valence-electron chi connectivity index (χ3n) is 4.75. The van der Waals surface area contributed by atoms with Crippen molar-refractivity contribution in [3.8, 4) is 0 Å². The molecule has 0 aliphatic carbocycles. The third kappa shape index (κ3) is 3.07. The Morgan fingerprint density at radius 1 is 1.33 bits per heavy atom. The summed E-state index contributed by atoms with van der Waals surface area (Å²) in [6.07, 6.45) is 0.323. The maximum absolute atomic E-state index is 11.3. The first-order valence-electron chi connectivity index (χ1n) is 7.77. The fraction of sp³-hybridized carbons (Fsp3) is 0.929. The lowest BCUT2D eigenvalue weighted by Gasteiger charge is -2.52. The first-order chi connectivity index (χ1) is 9.97. The highest BCUT2D eigenvalue weighted by Crippen LogP contribution is 2.24. The van der Waals surface area contributed by atoms with Gasteiger partial charge in [0.15, 0.2) is 0 Å². The number of nitrogens with one attached hydrogen (secondary N) is 2. The summed E-state index contributed by atoms with van der Waals surface area (Å²) < 4.78 is 5.92. The van der Waals surface area contributed by atoms with Crippen molar-refractivity contribution in [3.05, 3.63) is 0 Å². The second-order valence-electron chi connectivity index (χ2n) is 6.92. The van der Waals surface area contributed by atoms with Gasteiger partial charge >= 0.3 is 5.97 Å². The van der Waals surface area contributed by atoms with E-state index in [0.29, 0.717) is 19.2 Å². The summed E-state index contributed by atoms with van der Waals surface area (Å²) in [5, 5.41) is 16.2. The highest BCUT2D eigenvalue weighted by Gasteiger charge is 2.43. The van der Waals surface area contributed by atoms with E-state index in [2.05, 4.69) is 20.4 Å². The molecule has 3 aliphatic heterocycles. The van der Waals surface area contributed by atoms with Crippen molar-refractivity contribution in [2.75, 3.05) is 45.9 Å². The standard InChI is InChI=1S/C14H26N4O3/c1-14(2,13(19)20)9-17-5-6-18-10(7-17)8-21-12-11(18)15-3-4-16-12/h10-12,15-16H,3-9H2,1-2H3,(H,19,20). The smallest absolute Gasteiger partial charge is 0.310 e. The Labute approximate surface area is 125 Å². The van der Waals surface area contributed by atoms with Crippen molar-refractivity contribution in [1.29, 1.82) is 0 Å². The number of nitrogens with zero attached hydrogens (tertiary/aromatic N) is 2. The van der Waals surface area contributed by atoms with E-state index < -0.39 is 11.4 Å². The molecule has 0 spiro atoms. The zero-order valence-corrected chi connectivity index (χ0v) is 12.8. The number of rotatable bonds is 3. The second kappa shape index (κ2) is 5.81. The van der Waals surface area contributed by atoms with Crippen LogP contribution < -0.4 is 10.6 Å². The topological polar surface area (TPSA) is 77.1 Å². The van der Waals surface area contributed by atoms with Crippen molar-refractivity contribution in [3.63, 3.8) is 0 Å². The molecule has 3 fully saturated rings. The lowest BCUT2D eigenvalue weighted by atomic mass is 9.92. The minimum atomic E-state index is -0.733. The molecule has 3 N–H and O–H groups in total. The quantitative estimate of drug-likeness (QED) is 0.614. The highest BCUT2D eigenvalue weighted by molar-refractivity contribution is 5.73. The summed E-state index contributed by atoms with van der Waals surface area (Å²) >= 11 is 0. The number of hydrogen-bond acceptors (Lipinski definition) is 6. The van der Waals surface area contributed by atoms with Gasteiger partial charge in [-0.3, -0.25) is 25.2 Å². The van der Waals surface area contributed by atoms with Crippen LogP contribution in [0.1, 0.15) is 13.8 Å². The zero-order chi connectivity index (χ0) is 15.0. The molecule has 0 bridgehead atoms. The predicted octanol–water partition coefficient (Wildman–Crippen LogP) is -1.04. The Kier molecular flexibility index (Phi) is 4.20. The van der Waals surface area contributed by atoms with Gasteiger partial charge in [0.1, 0.15) is 12.4 Å². The fourth-order valence-corrected chi connectivity index (χ4v) is 3.53. The molecule has 0 radical (unpaired) electrons. The van der Waals surface area contributed by atoms with Crippen LogP contribution in [0.4, 0.5) is 0 Å². The Balaban J connectivity index is 1.60. The van der Waals surface area contributed by atoms with Gasteiger partial charge in [0.2, 0.25) is 0 Å². The van der Waals surface area contributed by atoms with Crippen LogP contribution in [-0.2, 0) is 9.53 Å². The van der Waals surface area contributed by atoms with E-state index in [-0.39, 0.29) is 12.4 Å². The molecular weight excluding hydrogens is 272 g/mol. The number of ether oxygens (including phenoxy) is 1. The molecule has 21 heavy (non-hydrogen) atoms. The molecule has 3 saturated heterocycles. The van der Waals surface area contributed by atoms with Gasteiger partial charge in [0.25, 0.3) is 0 Å². The number of fused-ring (bicyclic) bond motifs is 3. The van der Waals surface area contributed by atoms with E-state index in [1.54, 1.807) is 13.8 Å². The molecule has 3 unspecified atom stereocenters. The lowest BCUT2D eigenvalue weighted by molar-refractivity contribution is -0.159. The van der Waals surface area contributed by atoms with Crippen molar-refractivity contribution >= 4 is 5.97 Å². The third-order valence-corrected chi connectivity index (χ3v) is 4.75. The number of carboxylic acids is 1. The van der Waals surface area contributed by atoms with Gasteiger partial charge in [-0.1, -0.05) is 0 Å².